The maximum atomic E-state index is 13.2. The van der Waals surface area contributed by atoms with E-state index in [1.54, 1.807) is 41.1 Å². The number of pyridine rings is 1. The van der Waals surface area contributed by atoms with Gasteiger partial charge in [0.25, 0.3) is 0 Å². The molecule has 7 rings (SSSR count). The van der Waals surface area contributed by atoms with Crippen LogP contribution in [-0.2, 0) is 20.3 Å². The zero-order chi connectivity index (χ0) is 31.0. The van der Waals surface area contributed by atoms with Gasteiger partial charge in [0.15, 0.2) is 9.84 Å². The molecule has 1 saturated heterocycles. The lowest BCUT2D eigenvalue weighted by Crippen LogP contribution is -2.47. The smallest absolute Gasteiger partial charge is 0.324 e. The molecule has 0 unspecified atom stereocenters. The topological polar surface area (TPSA) is 95.6 Å². The van der Waals surface area contributed by atoms with Crippen molar-refractivity contribution in [3.05, 3.63) is 115 Å². The predicted octanol–water partition coefficient (Wildman–Crippen LogP) is 6.91. The Bertz CT molecular complexity index is 2110. The summed E-state index contributed by atoms with van der Waals surface area (Å²) >= 11 is 0. The molecular weight excluding hydrogens is 584 g/mol. The number of morpholine rings is 1. The highest BCUT2D eigenvalue weighted by Gasteiger charge is 2.23. The van der Waals surface area contributed by atoms with Crippen molar-refractivity contribution >= 4 is 43.5 Å². The minimum absolute atomic E-state index is 0.0528. The number of H-pyrrole nitrogens is 1. The Kier molecular flexibility index (Phi) is 7.56. The number of ether oxygens (including phenoxy) is 1. The van der Waals surface area contributed by atoms with Crippen LogP contribution < -0.4 is 4.90 Å². The summed E-state index contributed by atoms with van der Waals surface area (Å²) in [6.07, 6.45) is 1.87. The molecule has 0 saturated carbocycles. The van der Waals surface area contributed by atoms with Crippen LogP contribution >= 0.6 is 0 Å². The van der Waals surface area contributed by atoms with Gasteiger partial charge in [0.1, 0.15) is 5.65 Å². The lowest BCUT2D eigenvalue weighted by Gasteiger charge is -2.31. The molecule has 0 atom stereocenters. The number of hydrogen-bond donors (Lipinski definition) is 1. The Hall–Kier alpha value is -4.99. The van der Waals surface area contributed by atoms with E-state index in [0.29, 0.717) is 36.8 Å². The van der Waals surface area contributed by atoms with E-state index in [1.165, 1.54) is 0 Å². The summed E-state index contributed by atoms with van der Waals surface area (Å²) in [6, 6.07) is 32.3. The maximum absolute atomic E-state index is 13.2. The lowest BCUT2D eigenvalue weighted by atomic mass is 9.92. The molecule has 226 valence electrons. The number of nitrogens with one attached hydrogen (secondary N) is 1. The van der Waals surface area contributed by atoms with Crippen LogP contribution in [0.25, 0.3) is 44.2 Å². The second-order valence-corrected chi connectivity index (χ2v) is 13.2. The van der Waals surface area contributed by atoms with Gasteiger partial charge < -0.3 is 14.6 Å². The van der Waals surface area contributed by atoms with E-state index in [-0.39, 0.29) is 11.8 Å². The van der Waals surface area contributed by atoms with Crippen LogP contribution in [0, 0.1) is 0 Å². The van der Waals surface area contributed by atoms with Gasteiger partial charge in [0.2, 0.25) is 0 Å². The molecule has 0 spiro atoms. The van der Waals surface area contributed by atoms with E-state index in [2.05, 4.69) is 17.1 Å². The number of benzene rings is 4. The molecule has 1 aliphatic rings. The number of aromatic nitrogens is 2. The molecule has 0 radical (unpaired) electrons. The van der Waals surface area contributed by atoms with Crippen LogP contribution in [0.2, 0.25) is 0 Å². The third-order valence-corrected chi connectivity index (χ3v) is 10.0. The van der Waals surface area contributed by atoms with Crippen LogP contribution in [0.4, 0.5) is 10.5 Å². The molecule has 6 aromatic rings. The van der Waals surface area contributed by atoms with E-state index >= 15 is 0 Å². The van der Waals surface area contributed by atoms with Crippen molar-refractivity contribution in [2.24, 2.45) is 0 Å². The molecular formula is C36H32N4O4S. The number of nitrogens with zero attached hydrogens (tertiary/aromatic N) is 3. The monoisotopic (exact) mass is 616 g/mol. The number of sulfone groups is 1. The molecule has 8 nitrogen and oxygen atoms in total. The van der Waals surface area contributed by atoms with E-state index in [9.17, 15) is 13.2 Å². The standard InChI is InChI=1S/C36H32N4O4S/c1-39(36(41)40-18-20-44-21-19-40)28-15-13-26(14-16-28)31-23-37-35-34(33(31)27-8-4-2-5-9-27)30-22-25(12-17-32(30)38-35)24-45(42,43)29-10-6-3-7-11-29/h2-17,22-23H,18-21,24H2,1H3,(H,37,38). The van der Waals surface area contributed by atoms with E-state index in [1.807, 2.05) is 72.9 Å². The van der Waals surface area contributed by atoms with Crippen molar-refractivity contribution in [1.29, 1.82) is 0 Å². The summed E-state index contributed by atoms with van der Waals surface area (Å²) in [4.78, 5) is 25.1. The van der Waals surface area contributed by atoms with Gasteiger partial charge in [-0.15, -0.1) is 0 Å². The minimum atomic E-state index is -3.52. The first kappa shape index (κ1) is 28.8. The fourth-order valence-electron chi connectivity index (χ4n) is 5.99. The van der Waals surface area contributed by atoms with Gasteiger partial charge >= 0.3 is 6.03 Å². The molecule has 1 N–H and O–H groups in total. The number of amides is 2. The van der Waals surface area contributed by atoms with Crippen molar-refractivity contribution in [2.75, 3.05) is 38.3 Å². The van der Waals surface area contributed by atoms with Gasteiger partial charge in [-0.05, 0) is 53.1 Å². The second kappa shape index (κ2) is 11.8. The van der Waals surface area contributed by atoms with Crippen LogP contribution in [0.1, 0.15) is 5.56 Å². The van der Waals surface area contributed by atoms with Gasteiger partial charge in [0, 0.05) is 59.4 Å². The largest absolute Gasteiger partial charge is 0.378 e. The fraction of sp³-hybridized carbons (Fsp3) is 0.167. The first-order valence-corrected chi connectivity index (χ1v) is 16.5. The van der Waals surface area contributed by atoms with Gasteiger partial charge in [-0.25, -0.2) is 18.2 Å². The number of hydrogen-bond acceptors (Lipinski definition) is 5. The molecule has 45 heavy (non-hydrogen) atoms. The molecule has 2 aromatic heterocycles. The molecule has 0 aliphatic carbocycles. The first-order chi connectivity index (χ1) is 21.9. The zero-order valence-electron chi connectivity index (χ0n) is 24.8. The Labute approximate surface area is 261 Å². The number of urea groups is 1. The fourth-order valence-corrected chi connectivity index (χ4v) is 7.35. The normalized spacial score (nSPS) is 13.8. The summed E-state index contributed by atoms with van der Waals surface area (Å²) in [7, 11) is -1.73. The molecule has 1 fully saturated rings. The second-order valence-electron chi connectivity index (χ2n) is 11.2. The Morgan fingerprint density at radius 3 is 2.29 bits per heavy atom. The minimum Gasteiger partial charge on any atom is -0.378 e. The number of carbonyl (C=O) groups is 1. The maximum Gasteiger partial charge on any atom is 0.324 e. The summed E-state index contributed by atoms with van der Waals surface area (Å²) in [6.45, 7) is 2.26. The highest BCUT2D eigenvalue weighted by Crippen LogP contribution is 2.41. The van der Waals surface area contributed by atoms with E-state index in [0.717, 1.165) is 49.9 Å². The van der Waals surface area contributed by atoms with Gasteiger partial charge in [-0.3, -0.25) is 4.90 Å². The van der Waals surface area contributed by atoms with E-state index in [4.69, 9.17) is 9.72 Å². The number of carbonyl (C=O) groups excluding carboxylic acids is 1. The Morgan fingerprint density at radius 1 is 0.889 bits per heavy atom. The summed E-state index contributed by atoms with van der Waals surface area (Å²) in [5.74, 6) is -0.106. The number of anilines is 1. The van der Waals surface area contributed by atoms with Gasteiger partial charge in [-0.1, -0.05) is 66.7 Å². The number of fused-ring (bicyclic) bond motifs is 3. The molecule has 3 heterocycles. The summed E-state index contributed by atoms with van der Waals surface area (Å²) in [5, 5.41) is 1.84. The Morgan fingerprint density at radius 2 is 1.58 bits per heavy atom. The first-order valence-electron chi connectivity index (χ1n) is 14.9. The van der Waals surface area contributed by atoms with Gasteiger partial charge in [0.05, 0.1) is 23.9 Å². The molecule has 1 aliphatic heterocycles. The summed E-state index contributed by atoms with van der Waals surface area (Å²) in [5.41, 5.74) is 7.01. The quantitative estimate of drug-likeness (QED) is 0.219. The van der Waals surface area contributed by atoms with Crippen molar-refractivity contribution in [1.82, 2.24) is 14.9 Å². The summed E-state index contributed by atoms with van der Waals surface area (Å²) < 4.78 is 31.8. The van der Waals surface area contributed by atoms with Crippen LogP contribution in [-0.4, -0.2) is 62.7 Å². The lowest BCUT2D eigenvalue weighted by molar-refractivity contribution is 0.0551. The zero-order valence-corrected chi connectivity index (χ0v) is 25.6. The number of rotatable bonds is 6. The average molecular weight is 617 g/mol. The highest BCUT2D eigenvalue weighted by atomic mass is 32.2. The molecule has 2 amide bonds. The highest BCUT2D eigenvalue weighted by molar-refractivity contribution is 7.90. The van der Waals surface area contributed by atoms with Crippen LogP contribution in [0.15, 0.2) is 114 Å². The number of aromatic amines is 1. The van der Waals surface area contributed by atoms with Crippen molar-refractivity contribution in [3.8, 4) is 22.3 Å². The van der Waals surface area contributed by atoms with Gasteiger partial charge in [-0.2, -0.15) is 0 Å². The van der Waals surface area contributed by atoms with Crippen molar-refractivity contribution in [3.63, 3.8) is 0 Å². The SMILES string of the molecule is CN(C(=O)N1CCOCC1)c1ccc(-c2cnc3[nH]c4ccc(CS(=O)(=O)c5ccccc5)cc4c3c2-c2ccccc2)cc1. The van der Waals surface area contributed by atoms with Crippen molar-refractivity contribution in [2.45, 2.75) is 10.6 Å². The van der Waals surface area contributed by atoms with Crippen LogP contribution in [0.3, 0.4) is 0 Å². The third kappa shape index (κ3) is 5.56. The van der Waals surface area contributed by atoms with Crippen molar-refractivity contribution < 1.29 is 17.9 Å². The Balaban J connectivity index is 1.31. The molecule has 9 heteroatoms. The third-order valence-electron chi connectivity index (χ3n) is 8.34. The van der Waals surface area contributed by atoms with Crippen LogP contribution in [0.5, 0.6) is 0 Å². The predicted molar refractivity (Wildman–Crippen MR) is 178 cm³/mol. The average Bonchev–Trinajstić information content (AvgIpc) is 3.46. The van der Waals surface area contributed by atoms with E-state index < -0.39 is 9.84 Å². The molecule has 4 aromatic carbocycles. The molecule has 0 bridgehead atoms.